The van der Waals surface area contributed by atoms with Gasteiger partial charge in [0.25, 0.3) is 0 Å². The van der Waals surface area contributed by atoms with Gasteiger partial charge in [0, 0.05) is 13.1 Å². The number of urea groups is 1. The lowest BCUT2D eigenvalue weighted by molar-refractivity contribution is -0.141. The number of carbonyl (C=O) groups excluding carboxylic acids is 1. The molecule has 2 amide bonds. The summed E-state index contributed by atoms with van der Waals surface area (Å²) in [6.07, 6.45) is 1.08. The largest absolute Gasteiger partial charge is 0.496 e. The standard InChI is InChI=1S/C15H22N2O4/c1-11(14(18)19)7-9-16-15(20)17-10-8-12-5-3-4-6-13(12)21-2/h3-6,11H,7-10H2,1-2H3,(H,18,19)(H2,16,17,20). The molecule has 1 atom stereocenters. The van der Waals surface area contributed by atoms with Gasteiger partial charge in [-0.05, 0) is 24.5 Å². The first-order valence-electron chi connectivity index (χ1n) is 6.91. The average Bonchev–Trinajstić information content (AvgIpc) is 2.47. The number of amides is 2. The molecule has 1 aromatic carbocycles. The highest BCUT2D eigenvalue weighted by Crippen LogP contribution is 2.17. The molecule has 0 radical (unpaired) electrons. The zero-order valence-corrected chi connectivity index (χ0v) is 12.4. The molecule has 116 valence electrons. The second-order valence-corrected chi connectivity index (χ2v) is 4.77. The third kappa shape index (κ3) is 6.16. The highest BCUT2D eigenvalue weighted by Gasteiger charge is 2.10. The van der Waals surface area contributed by atoms with E-state index in [0.717, 1.165) is 11.3 Å². The molecule has 0 aliphatic carbocycles. The molecule has 0 aromatic heterocycles. The van der Waals surface area contributed by atoms with Crippen molar-refractivity contribution in [3.05, 3.63) is 29.8 Å². The third-order valence-corrected chi connectivity index (χ3v) is 3.16. The number of methoxy groups -OCH3 is 1. The number of hydrogen-bond donors (Lipinski definition) is 3. The fourth-order valence-corrected chi connectivity index (χ4v) is 1.81. The summed E-state index contributed by atoms with van der Waals surface area (Å²) in [5.74, 6) is -0.512. The minimum atomic E-state index is -0.853. The Kier molecular flexibility index (Phi) is 7.08. The Morgan fingerprint density at radius 3 is 2.57 bits per heavy atom. The molecule has 1 aromatic rings. The zero-order chi connectivity index (χ0) is 15.7. The van der Waals surface area contributed by atoms with Crippen molar-refractivity contribution in [1.29, 1.82) is 0 Å². The molecule has 0 saturated carbocycles. The zero-order valence-electron chi connectivity index (χ0n) is 12.4. The van der Waals surface area contributed by atoms with Crippen molar-refractivity contribution in [3.63, 3.8) is 0 Å². The summed E-state index contributed by atoms with van der Waals surface area (Å²) in [7, 11) is 1.61. The predicted molar refractivity (Wildman–Crippen MR) is 79.5 cm³/mol. The topological polar surface area (TPSA) is 87.7 Å². The molecule has 0 bridgehead atoms. The van der Waals surface area contributed by atoms with Crippen LogP contribution < -0.4 is 15.4 Å². The second kappa shape index (κ2) is 8.84. The number of carboxylic acid groups (broad SMARTS) is 1. The van der Waals surface area contributed by atoms with Crippen LogP contribution in [0.4, 0.5) is 4.79 Å². The Morgan fingerprint density at radius 1 is 1.24 bits per heavy atom. The maximum Gasteiger partial charge on any atom is 0.314 e. The van der Waals surface area contributed by atoms with E-state index in [1.54, 1.807) is 14.0 Å². The molecule has 0 fully saturated rings. The molecule has 21 heavy (non-hydrogen) atoms. The Bertz CT molecular complexity index is 476. The number of carbonyl (C=O) groups is 2. The van der Waals surface area contributed by atoms with E-state index >= 15 is 0 Å². The van der Waals surface area contributed by atoms with Gasteiger partial charge >= 0.3 is 12.0 Å². The summed E-state index contributed by atoms with van der Waals surface area (Å²) in [5, 5.41) is 14.1. The number of carboxylic acids is 1. The Labute approximate surface area is 124 Å². The van der Waals surface area contributed by atoms with E-state index < -0.39 is 11.9 Å². The van der Waals surface area contributed by atoms with Crippen LogP contribution in [0.25, 0.3) is 0 Å². The monoisotopic (exact) mass is 294 g/mol. The van der Waals surface area contributed by atoms with Gasteiger partial charge in [-0.15, -0.1) is 0 Å². The number of ether oxygens (including phenoxy) is 1. The van der Waals surface area contributed by atoms with Crippen LogP contribution in [0.3, 0.4) is 0 Å². The molecule has 1 unspecified atom stereocenters. The first-order valence-corrected chi connectivity index (χ1v) is 6.91. The van der Waals surface area contributed by atoms with Crippen LogP contribution >= 0.6 is 0 Å². The summed E-state index contributed by atoms with van der Waals surface area (Å²) in [4.78, 5) is 22.2. The van der Waals surface area contributed by atoms with Crippen LogP contribution in [0.5, 0.6) is 5.75 Å². The van der Waals surface area contributed by atoms with Gasteiger partial charge in [-0.25, -0.2) is 4.79 Å². The summed E-state index contributed by atoms with van der Waals surface area (Å²) < 4.78 is 5.23. The number of benzene rings is 1. The van der Waals surface area contributed by atoms with Crippen molar-refractivity contribution in [2.45, 2.75) is 19.8 Å². The van der Waals surface area contributed by atoms with Crippen LogP contribution in [0, 0.1) is 5.92 Å². The number of hydrogen-bond acceptors (Lipinski definition) is 3. The van der Waals surface area contributed by atoms with Gasteiger partial charge in [-0.1, -0.05) is 25.1 Å². The summed E-state index contributed by atoms with van der Waals surface area (Å²) >= 11 is 0. The fourth-order valence-electron chi connectivity index (χ4n) is 1.81. The van der Waals surface area contributed by atoms with E-state index in [0.29, 0.717) is 25.9 Å². The highest BCUT2D eigenvalue weighted by atomic mass is 16.5. The summed E-state index contributed by atoms with van der Waals surface area (Å²) in [6.45, 7) is 2.44. The van der Waals surface area contributed by atoms with Gasteiger partial charge in [-0.2, -0.15) is 0 Å². The molecule has 6 heteroatoms. The van der Waals surface area contributed by atoms with Gasteiger partial charge in [0.2, 0.25) is 0 Å². The van der Waals surface area contributed by atoms with Crippen LogP contribution in [0.1, 0.15) is 18.9 Å². The molecule has 3 N–H and O–H groups in total. The van der Waals surface area contributed by atoms with E-state index in [1.165, 1.54) is 0 Å². The van der Waals surface area contributed by atoms with Gasteiger partial charge in [-0.3, -0.25) is 4.79 Å². The quantitative estimate of drug-likeness (QED) is 0.680. The SMILES string of the molecule is COc1ccccc1CCNC(=O)NCCC(C)C(=O)O. The number of para-hydroxylation sites is 1. The van der Waals surface area contributed by atoms with Crippen molar-refractivity contribution < 1.29 is 19.4 Å². The fraction of sp³-hybridized carbons (Fsp3) is 0.467. The number of rotatable bonds is 8. The van der Waals surface area contributed by atoms with Gasteiger partial charge in [0.1, 0.15) is 5.75 Å². The van der Waals surface area contributed by atoms with Gasteiger partial charge < -0.3 is 20.5 Å². The average molecular weight is 294 g/mol. The normalized spacial score (nSPS) is 11.5. The predicted octanol–water partition coefficient (Wildman–Crippen LogP) is 1.65. The lowest BCUT2D eigenvalue weighted by atomic mass is 10.1. The van der Waals surface area contributed by atoms with E-state index in [2.05, 4.69) is 10.6 Å². The summed E-state index contributed by atoms with van der Waals surface area (Å²) in [6, 6.07) is 7.36. The van der Waals surface area contributed by atoms with E-state index in [-0.39, 0.29) is 6.03 Å². The van der Waals surface area contributed by atoms with Crippen LogP contribution in [0.15, 0.2) is 24.3 Å². The number of aliphatic carboxylic acids is 1. The van der Waals surface area contributed by atoms with Gasteiger partial charge in [0.15, 0.2) is 0 Å². The smallest absolute Gasteiger partial charge is 0.314 e. The molecule has 6 nitrogen and oxygen atoms in total. The lowest BCUT2D eigenvalue weighted by Crippen LogP contribution is -2.37. The van der Waals surface area contributed by atoms with Gasteiger partial charge in [0.05, 0.1) is 13.0 Å². The summed E-state index contributed by atoms with van der Waals surface area (Å²) in [5.41, 5.74) is 1.03. The molecule has 0 heterocycles. The molecular weight excluding hydrogens is 272 g/mol. The maximum atomic E-state index is 11.5. The molecule has 0 aliphatic heterocycles. The van der Waals surface area contributed by atoms with Crippen molar-refractivity contribution in [2.75, 3.05) is 20.2 Å². The Morgan fingerprint density at radius 2 is 1.90 bits per heavy atom. The molecule has 1 rings (SSSR count). The Hall–Kier alpha value is -2.24. The maximum absolute atomic E-state index is 11.5. The van der Waals surface area contributed by atoms with Crippen molar-refractivity contribution in [1.82, 2.24) is 10.6 Å². The minimum Gasteiger partial charge on any atom is -0.496 e. The number of nitrogens with one attached hydrogen (secondary N) is 2. The minimum absolute atomic E-state index is 0.289. The van der Waals surface area contributed by atoms with E-state index in [4.69, 9.17) is 9.84 Å². The Balaban J connectivity index is 2.23. The van der Waals surface area contributed by atoms with Crippen LogP contribution in [0.2, 0.25) is 0 Å². The first-order chi connectivity index (χ1) is 10.0. The van der Waals surface area contributed by atoms with E-state index in [9.17, 15) is 9.59 Å². The van der Waals surface area contributed by atoms with Crippen LogP contribution in [-0.4, -0.2) is 37.3 Å². The third-order valence-electron chi connectivity index (χ3n) is 3.16. The molecule has 0 saturated heterocycles. The second-order valence-electron chi connectivity index (χ2n) is 4.77. The van der Waals surface area contributed by atoms with Crippen molar-refractivity contribution in [2.24, 2.45) is 5.92 Å². The van der Waals surface area contributed by atoms with Crippen LogP contribution in [-0.2, 0) is 11.2 Å². The molecular formula is C15H22N2O4. The van der Waals surface area contributed by atoms with E-state index in [1.807, 2.05) is 24.3 Å². The van der Waals surface area contributed by atoms with Crippen molar-refractivity contribution >= 4 is 12.0 Å². The molecule has 0 aliphatic rings. The highest BCUT2D eigenvalue weighted by molar-refractivity contribution is 5.74. The lowest BCUT2D eigenvalue weighted by Gasteiger charge is -2.11. The van der Waals surface area contributed by atoms with Crippen molar-refractivity contribution in [3.8, 4) is 5.75 Å². The molecule has 0 spiro atoms. The first kappa shape index (κ1) is 16.8.